The molecule has 1 heterocycles. The molecule has 3 aromatic rings. The van der Waals surface area contributed by atoms with E-state index in [2.05, 4.69) is 10.3 Å². The second kappa shape index (κ2) is 9.93. The molecule has 150 valence electrons. The minimum atomic E-state index is -0.456. The zero-order valence-electron chi connectivity index (χ0n) is 16.3. The number of thioether (sulfide) groups is 1. The Morgan fingerprint density at radius 2 is 1.86 bits per heavy atom. The van der Waals surface area contributed by atoms with Gasteiger partial charge < -0.3 is 14.8 Å². The van der Waals surface area contributed by atoms with Crippen molar-refractivity contribution in [2.45, 2.75) is 18.5 Å². The number of esters is 1. The van der Waals surface area contributed by atoms with Crippen LogP contribution in [0.1, 0.15) is 11.1 Å². The van der Waals surface area contributed by atoms with Crippen LogP contribution in [0.2, 0.25) is 0 Å². The number of carbonyl (C=O) groups excluding carboxylic acids is 2. The second-order valence-electron chi connectivity index (χ2n) is 6.37. The van der Waals surface area contributed by atoms with Gasteiger partial charge in [0.15, 0.2) is 6.61 Å². The maximum Gasteiger partial charge on any atom is 0.316 e. The Hall–Kier alpha value is -3.06. The molecule has 7 heteroatoms. The second-order valence-corrected chi connectivity index (χ2v) is 7.36. The first-order valence-corrected chi connectivity index (χ1v) is 10.1. The highest BCUT2D eigenvalue weighted by Gasteiger charge is 2.10. The van der Waals surface area contributed by atoms with E-state index in [9.17, 15) is 9.59 Å². The van der Waals surface area contributed by atoms with E-state index in [1.807, 2.05) is 61.5 Å². The molecule has 1 amide bonds. The number of amides is 1. The van der Waals surface area contributed by atoms with Crippen molar-refractivity contribution in [3.05, 3.63) is 65.7 Å². The Bertz CT molecular complexity index is 1010. The number of methoxy groups -OCH3 is 1. The van der Waals surface area contributed by atoms with Crippen molar-refractivity contribution in [2.24, 2.45) is 0 Å². The lowest BCUT2D eigenvalue weighted by atomic mass is 10.1. The predicted octanol–water partition coefficient (Wildman–Crippen LogP) is 3.50. The lowest BCUT2D eigenvalue weighted by molar-refractivity contribution is -0.145. The topological polar surface area (TPSA) is 77.5 Å². The number of nitrogens with one attached hydrogen (secondary N) is 1. The van der Waals surface area contributed by atoms with Crippen LogP contribution in [0.3, 0.4) is 0 Å². The molecule has 29 heavy (non-hydrogen) atoms. The number of aromatic nitrogens is 1. The number of pyridine rings is 1. The first kappa shape index (κ1) is 20.7. The summed E-state index contributed by atoms with van der Waals surface area (Å²) in [6, 6.07) is 17.2. The summed E-state index contributed by atoms with van der Waals surface area (Å²) < 4.78 is 10.1. The summed E-state index contributed by atoms with van der Waals surface area (Å²) in [5.74, 6) is 0.0416. The van der Waals surface area contributed by atoms with Gasteiger partial charge in [-0.15, -0.1) is 0 Å². The fourth-order valence-corrected chi connectivity index (χ4v) is 3.48. The van der Waals surface area contributed by atoms with Gasteiger partial charge >= 0.3 is 5.97 Å². The highest BCUT2D eigenvalue weighted by Crippen LogP contribution is 2.23. The monoisotopic (exact) mass is 410 g/mol. The van der Waals surface area contributed by atoms with E-state index >= 15 is 0 Å². The molecule has 0 fully saturated rings. The van der Waals surface area contributed by atoms with Gasteiger partial charge in [0, 0.05) is 11.9 Å². The third-order valence-corrected chi connectivity index (χ3v) is 5.14. The fourth-order valence-electron chi connectivity index (χ4n) is 2.71. The number of ether oxygens (including phenoxy) is 2. The van der Waals surface area contributed by atoms with E-state index < -0.39 is 5.97 Å². The van der Waals surface area contributed by atoms with Gasteiger partial charge in [0.25, 0.3) is 5.91 Å². The van der Waals surface area contributed by atoms with Gasteiger partial charge in [-0.3, -0.25) is 9.59 Å². The van der Waals surface area contributed by atoms with Gasteiger partial charge in [-0.2, -0.15) is 0 Å². The van der Waals surface area contributed by atoms with Gasteiger partial charge in [-0.25, -0.2) is 4.98 Å². The fraction of sp³-hybridized carbons (Fsp3) is 0.227. The summed E-state index contributed by atoms with van der Waals surface area (Å²) in [5, 5.41) is 4.56. The highest BCUT2D eigenvalue weighted by molar-refractivity contribution is 7.99. The van der Waals surface area contributed by atoms with Crippen LogP contribution < -0.4 is 10.1 Å². The Morgan fingerprint density at radius 3 is 2.62 bits per heavy atom. The van der Waals surface area contributed by atoms with Crippen molar-refractivity contribution in [2.75, 3.05) is 19.5 Å². The van der Waals surface area contributed by atoms with Crippen LogP contribution in [-0.4, -0.2) is 36.3 Å². The standard InChI is InChI=1S/C22H22N2O4S/c1-15-11-21(24-19-6-4-3-5-18(15)19)29-14-22(26)28-13-20(25)23-12-16-7-9-17(27-2)10-8-16/h3-11H,12-14H2,1-2H3,(H,23,25). The van der Waals surface area contributed by atoms with Gasteiger partial charge in [0.1, 0.15) is 5.75 Å². The van der Waals surface area contributed by atoms with Gasteiger partial charge in [0.2, 0.25) is 0 Å². The summed E-state index contributed by atoms with van der Waals surface area (Å²) in [5.41, 5.74) is 2.92. The van der Waals surface area contributed by atoms with Gasteiger partial charge in [-0.1, -0.05) is 42.1 Å². The van der Waals surface area contributed by atoms with E-state index in [1.54, 1.807) is 7.11 Å². The number of benzene rings is 2. The van der Waals surface area contributed by atoms with Crippen LogP contribution in [0.5, 0.6) is 5.75 Å². The molecular formula is C22H22N2O4S. The SMILES string of the molecule is COc1ccc(CNC(=O)COC(=O)CSc2cc(C)c3ccccc3n2)cc1. The molecule has 0 saturated carbocycles. The smallest absolute Gasteiger partial charge is 0.316 e. The lowest BCUT2D eigenvalue weighted by Gasteiger charge is -2.08. The first-order chi connectivity index (χ1) is 14.0. The van der Waals surface area contributed by atoms with E-state index in [1.165, 1.54) is 11.8 Å². The van der Waals surface area contributed by atoms with E-state index in [0.717, 1.165) is 32.8 Å². The molecule has 2 aromatic carbocycles. The van der Waals surface area contributed by atoms with E-state index in [-0.39, 0.29) is 18.3 Å². The lowest BCUT2D eigenvalue weighted by Crippen LogP contribution is -2.28. The van der Waals surface area contributed by atoms with E-state index in [4.69, 9.17) is 9.47 Å². The largest absolute Gasteiger partial charge is 0.497 e. The van der Waals surface area contributed by atoms with Gasteiger partial charge in [0.05, 0.1) is 23.4 Å². The summed E-state index contributed by atoms with van der Waals surface area (Å²) in [4.78, 5) is 28.4. The molecule has 0 bridgehead atoms. The Kier molecular flexibility index (Phi) is 7.08. The molecule has 0 unspecified atom stereocenters. The number of rotatable bonds is 8. The average molecular weight is 410 g/mol. The molecule has 6 nitrogen and oxygen atoms in total. The zero-order chi connectivity index (χ0) is 20.6. The maximum absolute atomic E-state index is 11.9. The van der Waals surface area contributed by atoms with Crippen molar-refractivity contribution in [3.63, 3.8) is 0 Å². The van der Waals surface area contributed by atoms with Crippen LogP contribution in [0.15, 0.2) is 59.6 Å². The summed E-state index contributed by atoms with van der Waals surface area (Å²) in [7, 11) is 1.60. The average Bonchev–Trinajstić information content (AvgIpc) is 2.75. The van der Waals surface area contributed by atoms with Crippen LogP contribution in [0.25, 0.3) is 10.9 Å². The minimum absolute atomic E-state index is 0.0938. The molecular weight excluding hydrogens is 388 g/mol. The number of hydrogen-bond donors (Lipinski definition) is 1. The number of para-hydroxylation sites is 1. The van der Waals surface area contributed by atoms with Crippen LogP contribution in [-0.2, 0) is 20.9 Å². The van der Waals surface area contributed by atoms with Gasteiger partial charge in [-0.05, 0) is 42.3 Å². The minimum Gasteiger partial charge on any atom is -0.497 e. The van der Waals surface area contributed by atoms with E-state index in [0.29, 0.717) is 6.54 Å². The number of fused-ring (bicyclic) bond motifs is 1. The van der Waals surface area contributed by atoms with Crippen molar-refractivity contribution < 1.29 is 19.1 Å². The molecule has 0 atom stereocenters. The summed E-state index contributed by atoms with van der Waals surface area (Å²) >= 11 is 1.29. The molecule has 1 aromatic heterocycles. The predicted molar refractivity (Wildman–Crippen MR) is 113 cm³/mol. The first-order valence-electron chi connectivity index (χ1n) is 9.09. The van der Waals surface area contributed by atoms with Crippen LogP contribution in [0, 0.1) is 6.92 Å². The molecule has 0 aliphatic rings. The third-order valence-electron chi connectivity index (χ3n) is 4.25. The Labute approximate surface area is 173 Å². The maximum atomic E-state index is 11.9. The Morgan fingerprint density at radius 1 is 1.10 bits per heavy atom. The normalized spacial score (nSPS) is 10.6. The molecule has 0 saturated heterocycles. The molecule has 0 aliphatic heterocycles. The summed E-state index contributed by atoms with van der Waals surface area (Å²) in [6.07, 6.45) is 0. The number of nitrogens with zero attached hydrogens (tertiary/aromatic N) is 1. The molecule has 0 aliphatic carbocycles. The van der Waals surface area contributed by atoms with Crippen molar-refractivity contribution in [1.29, 1.82) is 0 Å². The Balaban J connectivity index is 1.42. The molecule has 1 N–H and O–H groups in total. The quantitative estimate of drug-likeness (QED) is 0.452. The van der Waals surface area contributed by atoms with Crippen LogP contribution >= 0.6 is 11.8 Å². The highest BCUT2D eigenvalue weighted by atomic mass is 32.2. The van der Waals surface area contributed by atoms with Crippen molar-refractivity contribution in [3.8, 4) is 5.75 Å². The number of aryl methyl sites for hydroxylation is 1. The third kappa shape index (κ3) is 5.96. The molecule has 0 spiro atoms. The molecule has 0 radical (unpaired) electrons. The van der Waals surface area contributed by atoms with Crippen molar-refractivity contribution >= 4 is 34.5 Å². The summed E-state index contributed by atoms with van der Waals surface area (Å²) in [6.45, 7) is 2.06. The number of hydrogen-bond acceptors (Lipinski definition) is 6. The zero-order valence-corrected chi connectivity index (χ0v) is 17.1. The number of carbonyl (C=O) groups is 2. The van der Waals surface area contributed by atoms with Crippen LogP contribution in [0.4, 0.5) is 0 Å². The molecule has 3 rings (SSSR count). The van der Waals surface area contributed by atoms with Crippen molar-refractivity contribution in [1.82, 2.24) is 10.3 Å².